The van der Waals surface area contributed by atoms with Crippen molar-refractivity contribution in [3.8, 4) is 11.5 Å². The summed E-state index contributed by atoms with van der Waals surface area (Å²) < 4.78 is 14.2. The number of thiophene rings is 1. The van der Waals surface area contributed by atoms with Gasteiger partial charge in [-0.2, -0.15) is 0 Å². The zero-order valence-corrected chi connectivity index (χ0v) is 19.1. The summed E-state index contributed by atoms with van der Waals surface area (Å²) in [7, 11) is 0. The molecule has 1 amide bonds. The van der Waals surface area contributed by atoms with E-state index in [4.69, 9.17) is 9.47 Å². The summed E-state index contributed by atoms with van der Waals surface area (Å²) in [5.41, 5.74) is 4.32. The molecule has 0 saturated carbocycles. The normalized spacial score (nSPS) is 15.9. The van der Waals surface area contributed by atoms with Crippen LogP contribution in [0, 0.1) is 0 Å². The molecule has 7 heteroatoms. The third kappa shape index (κ3) is 3.98. The number of amides is 1. The molecule has 4 aromatic rings. The quantitative estimate of drug-likeness (QED) is 0.443. The Labute approximate surface area is 196 Å². The van der Waals surface area contributed by atoms with Crippen LogP contribution in [0.5, 0.6) is 11.5 Å². The average Bonchev–Trinajstić information content (AvgIpc) is 3.57. The van der Waals surface area contributed by atoms with Crippen molar-refractivity contribution in [2.75, 3.05) is 33.0 Å². The molecule has 0 atom stereocenters. The number of fused-ring (bicyclic) bond motifs is 2. The largest absolute Gasteiger partial charge is 0.454 e. The lowest BCUT2D eigenvalue weighted by molar-refractivity contribution is 0.0619. The molecule has 4 heterocycles. The number of nitrogens with zero attached hydrogens (tertiary/aromatic N) is 3. The summed E-state index contributed by atoms with van der Waals surface area (Å²) in [4.78, 5) is 17.9. The monoisotopic (exact) mass is 459 g/mol. The Morgan fingerprint density at radius 3 is 2.52 bits per heavy atom. The lowest BCUT2D eigenvalue weighted by Crippen LogP contribution is -2.48. The molecule has 0 N–H and O–H groups in total. The van der Waals surface area contributed by atoms with Crippen LogP contribution in [0.4, 0.5) is 0 Å². The van der Waals surface area contributed by atoms with Gasteiger partial charge < -0.3 is 18.9 Å². The fourth-order valence-electron chi connectivity index (χ4n) is 4.66. The molecule has 0 bridgehead atoms. The first-order chi connectivity index (χ1) is 16.2. The van der Waals surface area contributed by atoms with Gasteiger partial charge >= 0.3 is 0 Å². The summed E-state index contributed by atoms with van der Waals surface area (Å²) in [5.74, 6) is 1.75. The zero-order chi connectivity index (χ0) is 22.2. The first-order valence-electron chi connectivity index (χ1n) is 11.3. The van der Waals surface area contributed by atoms with Gasteiger partial charge in [0.05, 0.1) is 10.2 Å². The Morgan fingerprint density at radius 1 is 0.848 bits per heavy atom. The van der Waals surface area contributed by atoms with Crippen molar-refractivity contribution in [2.45, 2.75) is 13.1 Å². The third-order valence-corrected chi connectivity index (χ3v) is 7.28. The van der Waals surface area contributed by atoms with Gasteiger partial charge in [-0.05, 0) is 40.8 Å². The molecule has 0 unspecified atom stereocenters. The van der Waals surface area contributed by atoms with Gasteiger partial charge in [0, 0.05) is 39.3 Å². The standard InChI is InChI=1S/C26H25N3O3S/c30-26(22-15-25-21(8-13-33-25)29(22)17-19-4-2-1-3-5-19)28-11-9-27(10-12-28)16-20-6-7-23-24(14-20)32-18-31-23/h1-8,13-15H,9-12,16-18H2. The van der Waals surface area contributed by atoms with Crippen LogP contribution in [0.2, 0.25) is 0 Å². The smallest absolute Gasteiger partial charge is 0.270 e. The van der Waals surface area contributed by atoms with Crippen molar-refractivity contribution in [3.05, 3.63) is 82.9 Å². The van der Waals surface area contributed by atoms with Crippen molar-refractivity contribution < 1.29 is 14.3 Å². The number of hydrogen-bond donors (Lipinski definition) is 0. The number of piperazine rings is 1. The van der Waals surface area contributed by atoms with Gasteiger partial charge in [0.1, 0.15) is 5.69 Å². The number of aromatic nitrogens is 1. The summed E-state index contributed by atoms with van der Waals surface area (Å²) in [6.07, 6.45) is 0. The summed E-state index contributed by atoms with van der Waals surface area (Å²) in [6, 6.07) is 20.6. The summed E-state index contributed by atoms with van der Waals surface area (Å²) in [5, 5.41) is 2.09. The van der Waals surface area contributed by atoms with Crippen LogP contribution in [-0.2, 0) is 13.1 Å². The van der Waals surface area contributed by atoms with E-state index in [9.17, 15) is 4.79 Å². The number of benzene rings is 2. The van der Waals surface area contributed by atoms with Crippen molar-refractivity contribution in [1.82, 2.24) is 14.4 Å². The highest BCUT2D eigenvalue weighted by atomic mass is 32.1. The highest BCUT2D eigenvalue weighted by molar-refractivity contribution is 7.17. The van der Waals surface area contributed by atoms with Crippen LogP contribution in [0.3, 0.4) is 0 Å². The molecule has 6 nitrogen and oxygen atoms in total. The number of hydrogen-bond acceptors (Lipinski definition) is 5. The lowest BCUT2D eigenvalue weighted by atomic mass is 10.1. The van der Waals surface area contributed by atoms with Crippen LogP contribution in [0.1, 0.15) is 21.6 Å². The number of carbonyl (C=O) groups excluding carboxylic acids is 1. The highest BCUT2D eigenvalue weighted by Gasteiger charge is 2.26. The Balaban J connectivity index is 1.15. The van der Waals surface area contributed by atoms with Crippen molar-refractivity contribution in [2.24, 2.45) is 0 Å². The molecule has 1 fully saturated rings. The van der Waals surface area contributed by atoms with Gasteiger partial charge in [-0.1, -0.05) is 36.4 Å². The minimum atomic E-state index is 0.122. The van der Waals surface area contributed by atoms with Crippen molar-refractivity contribution in [1.29, 1.82) is 0 Å². The second-order valence-electron chi connectivity index (χ2n) is 8.53. The fraction of sp³-hybridized carbons (Fsp3) is 0.269. The maximum Gasteiger partial charge on any atom is 0.270 e. The molecule has 33 heavy (non-hydrogen) atoms. The first kappa shape index (κ1) is 20.3. The van der Waals surface area contributed by atoms with E-state index < -0.39 is 0 Å². The van der Waals surface area contributed by atoms with Crippen LogP contribution in [-0.4, -0.2) is 53.2 Å². The van der Waals surface area contributed by atoms with Crippen molar-refractivity contribution in [3.63, 3.8) is 0 Å². The lowest BCUT2D eigenvalue weighted by Gasteiger charge is -2.35. The predicted molar refractivity (Wildman–Crippen MR) is 129 cm³/mol. The second-order valence-corrected chi connectivity index (χ2v) is 9.48. The van der Waals surface area contributed by atoms with Gasteiger partial charge in [-0.15, -0.1) is 11.3 Å². The summed E-state index contributed by atoms with van der Waals surface area (Å²) in [6.45, 7) is 5.01. The van der Waals surface area contributed by atoms with E-state index in [2.05, 4.69) is 51.2 Å². The maximum absolute atomic E-state index is 13.5. The van der Waals surface area contributed by atoms with E-state index in [1.54, 1.807) is 11.3 Å². The van der Waals surface area contributed by atoms with E-state index in [1.165, 1.54) is 11.1 Å². The molecule has 1 saturated heterocycles. The zero-order valence-electron chi connectivity index (χ0n) is 18.3. The van der Waals surface area contributed by atoms with E-state index in [0.29, 0.717) is 13.3 Å². The Hall–Kier alpha value is -3.29. The van der Waals surface area contributed by atoms with Crippen LogP contribution >= 0.6 is 11.3 Å². The molecular weight excluding hydrogens is 434 g/mol. The molecular formula is C26H25N3O3S. The second kappa shape index (κ2) is 8.57. The van der Waals surface area contributed by atoms with Crippen molar-refractivity contribution >= 4 is 27.5 Å². The topological polar surface area (TPSA) is 46.9 Å². The minimum Gasteiger partial charge on any atom is -0.454 e. The Bertz CT molecular complexity index is 1290. The molecule has 0 radical (unpaired) electrons. The van der Waals surface area contributed by atoms with Crippen LogP contribution in [0.15, 0.2) is 66.0 Å². The number of ether oxygens (including phenoxy) is 2. The maximum atomic E-state index is 13.5. The Kier molecular flexibility index (Phi) is 5.28. The van der Waals surface area contributed by atoms with E-state index in [-0.39, 0.29) is 5.91 Å². The molecule has 2 aromatic carbocycles. The SMILES string of the molecule is O=C(c1cc2sccc2n1Cc1ccccc1)N1CCN(Cc2ccc3c(c2)OCO3)CC1. The third-order valence-electron chi connectivity index (χ3n) is 6.43. The van der Waals surface area contributed by atoms with Gasteiger partial charge in [0.15, 0.2) is 11.5 Å². The number of carbonyl (C=O) groups is 1. The van der Waals surface area contributed by atoms with Gasteiger partial charge in [-0.25, -0.2) is 0 Å². The van der Waals surface area contributed by atoms with Crippen LogP contribution in [0.25, 0.3) is 10.2 Å². The highest BCUT2D eigenvalue weighted by Crippen LogP contribution is 2.33. The molecule has 2 aliphatic rings. The molecule has 0 aliphatic carbocycles. The van der Waals surface area contributed by atoms with E-state index in [1.807, 2.05) is 29.2 Å². The van der Waals surface area contributed by atoms with E-state index in [0.717, 1.165) is 60.1 Å². The Morgan fingerprint density at radius 2 is 1.67 bits per heavy atom. The summed E-state index contributed by atoms with van der Waals surface area (Å²) >= 11 is 1.69. The number of rotatable bonds is 5. The van der Waals surface area contributed by atoms with E-state index >= 15 is 0 Å². The van der Waals surface area contributed by atoms with Gasteiger partial charge in [0.25, 0.3) is 5.91 Å². The molecule has 2 aliphatic heterocycles. The average molecular weight is 460 g/mol. The molecule has 6 rings (SSSR count). The first-order valence-corrected chi connectivity index (χ1v) is 12.1. The minimum absolute atomic E-state index is 0.122. The molecule has 168 valence electrons. The fourth-order valence-corrected chi connectivity index (χ4v) is 5.48. The van der Waals surface area contributed by atoms with Crippen LogP contribution < -0.4 is 9.47 Å². The molecule has 2 aromatic heterocycles. The van der Waals surface area contributed by atoms with Gasteiger partial charge in [0.2, 0.25) is 6.79 Å². The predicted octanol–water partition coefficient (Wildman–Crippen LogP) is 4.44. The molecule has 0 spiro atoms. The van der Waals surface area contributed by atoms with Gasteiger partial charge in [-0.3, -0.25) is 9.69 Å².